The number of nitrogens with zero attached hydrogens (tertiary/aromatic N) is 3. The minimum Gasteiger partial charge on any atom is -0.340 e. The summed E-state index contributed by atoms with van der Waals surface area (Å²) in [5, 5.41) is 10.9. The molecule has 2 fully saturated rings. The number of hydrogen-bond donors (Lipinski definition) is 0. The average Bonchev–Trinajstić information content (AvgIpc) is 3.15. The normalized spacial score (nSPS) is 19.6. The molecule has 0 bridgehead atoms. The Balaban J connectivity index is 1.62. The summed E-state index contributed by atoms with van der Waals surface area (Å²) in [4.78, 5) is 24.3. The third-order valence-corrected chi connectivity index (χ3v) is 7.09. The molecule has 1 aliphatic heterocycles. The lowest BCUT2D eigenvalue weighted by molar-refractivity contribution is -0.385. The van der Waals surface area contributed by atoms with Gasteiger partial charge in [-0.1, -0.05) is 18.9 Å². The fraction of sp³-hybridized carbons (Fsp3) is 0.588. The number of nitro groups is 1. The number of nitro benzene ring substituents is 1. The van der Waals surface area contributed by atoms with Crippen LogP contribution in [-0.2, 0) is 14.8 Å². The maximum atomic E-state index is 12.7. The first-order chi connectivity index (χ1) is 12.4. The van der Waals surface area contributed by atoms with E-state index in [9.17, 15) is 23.3 Å². The molecule has 1 amide bonds. The van der Waals surface area contributed by atoms with Gasteiger partial charge < -0.3 is 4.90 Å². The molecule has 2 aliphatic rings. The van der Waals surface area contributed by atoms with Gasteiger partial charge in [-0.05, 0) is 24.8 Å². The number of non-ortho nitro benzene ring substituents is 1. The molecule has 0 radical (unpaired) electrons. The first kappa shape index (κ1) is 18.8. The van der Waals surface area contributed by atoms with Crippen molar-refractivity contribution in [2.45, 2.75) is 37.0 Å². The largest absolute Gasteiger partial charge is 0.340 e. The molecule has 1 saturated heterocycles. The van der Waals surface area contributed by atoms with E-state index in [0.717, 1.165) is 18.9 Å². The molecule has 142 valence electrons. The maximum absolute atomic E-state index is 12.7. The van der Waals surface area contributed by atoms with Gasteiger partial charge in [0, 0.05) is 44.7 Å². The van der Waals surface area contributed by atoms with Crippen molar-refractivity contribution in [2.24, 2.45) is 5.92 Å². The second-order valence-corrected chi connectivity index (χ2v) is 8.83. The van der Waals surface area contributed by atoms with Crippen molar-refractivity contribution in [1.82, 2.24) is 9.21 Å². The number of hydrogen-bond acceptors (Lipinski definition) is 5. The smallest absolute Gasteiger partial charge is 0.270 e. The van der Waals surface area contributed by atoms with E-state index in [1.54, 1.807) is 4.90 Å². The van der Waals surface area contributed by atoms with E-state index >= 15 is 0 Å². The molecule has 26 heavy (non-hydrogen) atoms. The summed E-state index contributed by atoms with van der Waals surface area (Å²) >= 11 is 0. The molecule has 1 heterocycles. The molecular formula is C17H23N3O5S. The first-order valence-corrected chi connectivity index (χ1v) is 10.3. The van der Waals surface area contributed by atoms with Crippen molar-refractivity contribution in [3.63, 3.8) is 0 Å². The highest BCUT2D eigenvalue weighted by atomic mass is 32.2. The zero-order chi connectivity index (χ0) is 18.7. The van der Waals surface area contributed by atoms with E-state index < -0.39 is 14.9 Å². The van der Waals surface area contributed by atoms with Gasteiger partial charge in [0.2, 0.25) is 15.9 Å². The van der Waals surface area contributed by atoms with Crippen LogP contribution < -0.4 is 0 Å². The average molecular weight is 381 g/mol. The highest BCUT2D eigenvalue weighted by molar-refractivity contribution is 7.89. The Kier molecular flexibility index (Phi) is 5.57. The van der Waals surface area contributed by atoms with Gasteiger partial charge >= 0.3 is 0 Å². The summed E-state index contributed by atoms with van der Waals surface area (Å²) in [5.74, 6) is 0.568. The van der Waals surface area contributed by atoms with Crippen LogP contribution in [0.4, 0.5) is 5.69 Å². The van der Waals surface area contributed by atoms with Crippen LogP contribution in [0.3, 0.4) is 0 Å². The standard InChI is InChI=1S/C17H23N3O5S/c21-17(12-14-4-1-2-5-14)18-8-10-19(11-9-18)26(24,25)16-7-3-6-15(13-16)20(22)23/h3,6-7,13-14H,1-2,4-5,8-12H2. The van der Waals surface area contributed by atoms with Gasteiger partial charge in [0.25, 0.3) is 5.69 Å². The summed E-state index contributed by atoms with van der Waals surface area (Å²) in [5.41, 5.74) is -0.253. The van der Waals surface area contributed by atoms with Gasteiger partial charge in [-0.2, -0.15) is 4.31 Å². The van der Waals surface area contributed by atoms with Crippen LogP contribution in [0, 0.1) is 16.0 Å². The Morgan fingerprint density at radius 3 is 2.42 bits per heavy atom. The summed E-state index contributed by atoms with van der Waals surface area (Å²) in [7, 11) is -3.80. The van der Waals surface area contributed by atoms with Gasteiger partial charge in [0.1, 0.15) is 0 Å². The monoisotopic (exact) mass is 381 g/mol. The van der Waals surface area contributed by atoms with E-state index in [1.165, 1.54) is 35.3 Å². The predicted molar refractivity (Wildman–Crippen MR) is 95.0 cm³/mol. The summed E-state index contributed by atoms with van der Waals surface area (Å²) in [6, 6.07) is 5.07. The zero-order valence-electron chi connectivity index (χ0n) is 14.5. The molecule has 1 aromatic carbocycles. The SMILES string of the molecule is O=C(CC1CCCC1)N1CCN(S(=O)(=O)c2cccc([N+](=O)[O-])c2)CC1. The van der Waals surface area contributed by atoms with E-state index in [4.69, 9.17) is 0 Å². The second kappa shape index (κ2) is 7.71. The number of piperazine rings is 1. The van der Waals surface area contributed by atoms with Crippen LogP contribution in [-0.4, -0.2) is 54.6 Å². The number of amides is 1. The minimum atomic E-state index is -3.80. The molecule has 1 aromatic rings. The molecule has 0 aromatic heterocycles. The van der Waals surface area contributed by atoms with E-state index in [1.807, 2.05) is 0 Å². The van der Waals surface area contributed by atoms with Crippen LogP contribution in [0.2, 0.25) is 0 Å². The Morgan fingerprint density at radius 2 is 1.81 bits per heavy atom. The fourth-order valence-electron chi connectivity index (χ4n) is 3.67. The molecule has 9 heteroatoms. The second-order valence-electron chi connectivity index (χ2n) is 6.89. The quantitative estimate of drug-likeness (QED) is 0.574. The van der Waals surface area contributed by atoms with Crippen LogP contribution in [0.1, 0.15) is 32.1 Å². The molecule has 3 rings (SSSR count). The fourth-order valence-corrected chi connectivity index (χ4v) is 5.14. The van der Waals surface area contributed by atoms with Crippen LogP contribution in [0.25, 0.3) is 0 Å². The van der Waals surface area contributed by atoms with E-state index in [2.05, 4.69) is 0 Å². The maximum Gasteiger partial charge on any atom is 0.270 e. The third-order valence-electron chi connectivity index (χ3n) is 5.20. The molecule has 8 nitrogen and oxygen atoms in total. The Bertz CT molecular complexity index is 781. The first-order valence-electron chi connectivity index (χ1n) is 8.90. The van der Waals surface area contributed by atoms with E-state index in [-0.39, 0.29) is 29.6 Å². The predicted octanol–water partition coefficient (Wildman–Crippen LogP) is 2.01. The Morgan fingerprint density at radius 1 is 1.15 bits per heavy atom. The highest BCUT2D eigenvalue weighted by Gasteiger charge is 2.31. The molecule has 1 aliphatic carbocycles. The molecular weight excluding hydrogens is 358 g/mol. The number of carbonyl (C=O) groups is 1. The van der Waals surface area contributed by atoms with Crippen molar-refractivity contribution in [3.8, 4) is 0 Å². The summed E-state index contributed by atoms with van der Waals surface area (Å²) in [6.07, 6.45) is 5.14. The lowest BCUT2D eigenvalue weighted by atomic mass is 10.0. The summed E-state index contributed by atoms with van der Waals surface area (Å²) in [6.45, 7) is 1.14. The van der Waals surface area contributed by atoms with E-state index in [0.29, 0.717) is 25.4 Å². The highest BCUT2D eigenvalue weighted by Crippen LogP contribution is 2.28. The third kappa shape index (κ3) is 4.04. The molecule has 0 spiro atoms. The van der Waals surface area contributed by atoms with Crippen molar-refractivity contribution in [2.75, 3.05) is 26.2 Å². The van der Waals surface area contributed by atoms with Crippen molar-refractivity contribution in [1.29, 1.82) is 0 Å². The van der Waals surface area contributed by atoms with Gasteiger partial charge in [-0.15, -0.1) is 0 Å². The molecule has 1 saturated carbocycles. The number of benzene rings is 1. The van der Waals surface area contributed by atoms with Crippen LogP contribution in [0.15, 0.2) is 29.2 Å². The molecule has 0 atom stereocenters. The molecule has 0 unspecified atom stereocenters. The van der Waals surface area contributed by atoms with Gasteiger partial charge in [0.15, 0.2) is 0 Å². The van der Waals surface area contributed by atoms with Gasteiger partial charge in [0.05, 0.1) is 9.82 Å². The molecule has 0 N–H and O–H groups in total. The van der Waals surface area contributed by atoms with Gasteiger partial charge in [-0.3, -0.25) is 14.9 Å². The zero-order valence-corrected chi connectivity index (χ0v) is 15.4. The topological polar surface area (TPSA) is 101 Å². The van der Waals surface area contributed by atoms with Crippen molar-refractivity contribution < 1.29 is 18.1 Å². The number of rotatable bonds is 5. The van der Waals surface area contributed by atoms with Crippen LogP contribution >= 0.6 is 0 Å². The Labute approximate surface area is 153 Å². The minimum absolute atomic E-state index is 0.0857. The van der Waals surface area contributed by atoms with Crippen molar-refractivity contribution >= 4 is 21.6 Å². The van der Waals surface area contributed by atoms with Crippen LogP contribution in [0.5, 0.6) is 0 Å². The Hall–Kier alpha value is -2.00. The number of sulfonamides is 1. The summed E-state index contributed by atoms with van der Waals surface area (Å²) < 4.78 is 26.7. The number of carbonyl (C=O) groups excluding carboxylic acids is 1. The lowest BCUT2D eigenvalue weighted by Gasteiger charge is -2.34. The van der Waals surface area contributed by atoms with Crippen molar-refractivity contribution in [3.05, 3.63) is 34.4 Å². The van der Waals surface area contributed by atoms with Gasteiger partial charge in [-0.25, -0.2) is 8.42 Å². The lowest BCUT2D eigenvalue weighted by Crippen LogP contribution is -2.50.